The largest absolute Gasteiger partial charge is 0.337 e. The standard InChI is InChI=1S/C23H24N4O2/c1-16(2)13-26-22(28)20-21(24-15-25(20)14-18-7-5-4-6-8-18)27(23(26)29)19-11-9-17(3)10-12-19/h4-12,15-16H,13-14H2,1-3H3. The van der Waals surface area contributed by atoms with Crippen molar-refractivity contribution in [3.8, 4) is 5.69 Å². The van der Waals surface area contributed by atoms with E-state index in [-0.39, 0.29) is 17.2 Å². The van der Waals surface area contributed by atoms with Gasteiger partial charge in [-0.05, 0) is 30.5 Å². The van der Waals surface area contributed by atoms with Crippen molar-refractivity contribution in [2.75, 3.05) is 0 Å². The number of rotatable bonds is 5. The van der Waals surface area contributed by atoms with Crippen LogP contribution in [0.5, 0.6) is 0 Å². The Morgan fingerprint density at radius 1 is 0.966 bits per heavy atom. The third-order valence-electron chi connectivity index (χ3n) is 4.94. The van der Waals surface area contributed by atoms with E-state index in [2.05, 4.69) is 4.98 Å². The molecule has 6 heteroatoms. The second kappa shape index (κ2) is 7.54. The molecule has 4 aromatic rings. The molecule has 0 aliphatic rings. The van der Waals surface area contributed by atoms with Gasteiger partial charge >= 0.3 is 5.69 Å². The quantitative estimate of drug-likeness (QED) is 0.527. The summed E-state index contributed by atoms with van der Waals surface area (Å²) in [6.07, 6.45) is 1.64. The molecule has 0 saturated carbocycles. The van der Waals surface area contributed by atoms with E-state index in [0.29, 0.717) is 29.9 Å². The van der Waals surface area contributed by atoms with Gasteiger partial charge in [-0.2, -0.15) is 0 Å². The molecule has 148 valence electrons. The first kappa shape index (κ1) is 18.9. The van der Waals surface area contributed by atoms with Gasteiger partial charge in [-0.15, -0.1) is 0 Å². The number of aryl methyl sites for hydroxylation is 1. The maximum atomic E-state index is 13.3. The number of imidazole rings is 1. The molecule has 0 radical (unpaired) electrons. The van der Waals surface area contributed by atoms with Gasteiger partial charge in [0.15, 0.2) is 11.2 Å². The van der Waals surface area contributed by atoms with Crippen molar-refractivity contribution in [2.24, 2.45) is 5.92 Å². The van der Waals surface area contributed by atoms with Crippen LogP contribution in [0.3, 0.4) is 0 Å². The van der Waals surface area contributed by atoms with E-state index >= 15 is 0 Å². The minimum absolute atomic E-state index is 0.162. The van der Waals surface area contributed by atoms with Gasteiger partial charge in [0.05, 0.1) is 12.0 Å². The zero-order valence-electron chi connectivity index (χ0n) is 16.9. The first-order valence-electron chi connectivity index (χ1n) is 9.77. The molecule has 2 aromatic carbocycles. The molecule has 0 N–H and O–H groups in total. The Hall–Kier alpha value is -3.41. The summed E-state index contributed by atoms with van der Waals surface area (Å²) in [4.78, 5) is 31.0. The maximum absolute atomic E-state index is 13.3. The molecule has 0 aliphatic heterocycles. The smallest absolute Gasteiger partial charge is 0.320 e. The van der Waals surface area contributed by atoms with Crippen LogP contribution in [0.1, 0.15) is 25.0 Å². The molecule has 2 heterocycles. The Morgan fingerprint density at radius 3 is 2.31 bits per heavy atom. The van der Waals surface area contributed by atoms with Crippen molar-refractivity contribution in [1.82, 2.24) is 18.7 Å². The molecule has 6 nitrogen and oxygen atoms in total. The van der Waals surface area contributed by atoms with Crippen LogP contribution in [-0.2, 0) is 13.1 Å². The Labute approximate surface area is 168 Å². The van der Waals surface area contributed by atoms with Crippen molar-refractivity contribution < 1.29 is 0 Å². The third-order valence-corrected chi connectivity index (χ3v) is 4.94. The molecule has 0 spiro atoms. The van der Waals surface area contributed by atoms with Crippen molar-refractivity contribution >= 4 is 11.2 Å². The van der Waals surface area contributed by atoms with Crippen LogP contribution in [0.2, 0.25) is 0 Å². The van der Waals surface area contributed by atoms with Crippen LogP contribution in [0.25, 0.3) is 16.9 Å². The normalized spacial score (nSPS) is 11.4. The lowest BCUT2D eigenvalue weighted by Gasteiger charge is -2.14. The van der Waals surface area contributed by atoms with Crippen LogP contribution in [-0.4, -0.2) is 18.7 Å². The fourth-order valence-electron chi connectivity index (χ4n) is 3.53. The van der Waals surface area contributed by atoms with E-state index in [0.717, 1.165) is 11.1 Å². The Balaban J connectivity index is 2.00. The second-order valence-electron chi connectivity index (χ2n) is 7.79. The molecular weight excluding hydrogens is 364 g/mol. The van der Waals surface area contributed by atoms with Gasteiger partial charge in [0, 0.05) is 13.1 Å². The lowest BCUT2D eigenvalue weighted by molar-refractivity contribution is 0.489. The van der Waals surface area contributed by atoms with Gasteiger partial charge in [0.25, 0.3) is 5.56 Å². The number of fused-ring (bicyclic) bond motifs is 1. The second-order valence-corrected chi connectivity index (χ2v) is 7.79. The summed E-state index contributed by atoms with van der Waals surface area (Å²) in [7, 11) is 0. The monoisotopic (exact) mass is 388 g/mol. The maximum Gasteiger partial charge on any atom is 0.337 e. The Kier molecular flexibility index (Phi) is 4.92. The molecule has 2 aromatic heterocycles. The molecule has 0 unspecified atom stereocenters. The van der Waals surface area contributed by atoms with Crippen LogP contribution >= 0.6 is 0 Å². The van der Waals surface area contributed by atoms with Crippen molar-refractivity contribution in [3.05, 3.63) is 92.9 Å². The van der Waals surface area contributed by atoms with Gasteiger partial charge in [0.2, 0.25) is 0 Å². The Bertz CT molecular complexity index is 1260. The van der Waals surface area contributed by atoms with Crippen LogP contribution in [0.4, 0.5) is 0 Å². The zero-order valence-corrected chi connectivity index (χ0v) is 16.9. The third kappa shape index (κ3) is 3.53. The van der Waals surface area contributed by atoms with E-state index in [4.69, 9.17) is 0 Å². The minimum Gasteiger partial charge on any atom is -0.320 e. The average Bonchev–Trinajstić information content (AvgIpc) is 3.10. The Morgan fingerprint density at radius 2 is 1.66 bits per heavy atom. The lowest BCUT2D eigenvalue weighted by atomic mass is 10.2. The highest BCUT2D eigenvalue weighted by Gasteiger charge is 2.19. The molecule has 0 bridgehead atoms. The van der Waals surface area contributed by atoms with E-state index in [1.165, 1.54) is 4.57 Å². The number of aromatic nitrogens is 4. The van der Waals surface area contributed by atoms with Crippen molar-refractivity contribution in [3.63, 3.8) is 0 Å². The van der Waals surface area contributed by atoms with Crippen LogP contribution in [0, 0.1) is 12.8 Å². The van der Waals surface area contributed by atoms with E-state index in [1.807, 2.05) is 79.9 Å². The number of benzene rings is 2. The highest BCUT2D eigenvalue weighted by molar-refractivity contribution is 5.72. The van der Waals surface area contributed by atoms with Crippen molar-refractivity contribution in [2.45, 2.75) is 33.9 Å². The average molecular weight is 388 g/mol. The van der Waals surface area contributed by atoms with Gasteiger partial charge < -0.3 is 4.57 Å². The summed E-state index contributed by atoms with van der Waals surface area (Å²) in [6, 6.07) is 17.6. The molecule has 0 atom stereocenters. The molecule has 4 rings (SSSR count). The number of hydrogen-bond donors (Lipinski definition) is 0. The first-order chi connectivity index (χ1) is 14.0. The topological polar surface area (TPSA) is 61.8 Å². The lowest BCUT2D eigenvalue weighted by Crippen LogP contribution is -2.41. The molecule has 0 amide bonds. The predicted molar refractivity (Wildman–Crippen MR) is 115 cm³/mol. The first-order valence-corrected chi connectivity index (χ1v) is 9.77. The number of nitrogens with zero attached hydrogens (tertiary/aromatic N) is 4. The van der Waals surface area contributed by atoms with Crippen LogP contribution in [0.15, 0.2) is 70.5 Å². The van der Waals surface area contributed by atoms with E-state index in [1.54, 1.807) is 10.9 Å². The molecular formula is C23H24N4O2. The highest BCUT2D eigenvalue weighted by atomic mass is 16.2. The molecule has 29 heavy (non-hydrogen) atoms. The summed E-state index contributed by atoms with van der Waals surface area (Å²) >= 11 is 0. The van der Waals surface area contributed by atoms with E-state index < -0.39 is 0 Å². The minimum atomic E-state index is -0.356. The summed E-state index contributed by atoms with van der Waals surface area (Å²) in [5.41, 5.74) is 3.04. The molecule has 0 saturated heterocycles. The van der Waals surface area contributed by atoms with E-state index in [9.17, 15) is 9.59 Å². The van der Waals surface area contributed by atoms with Crippen LogP contribution < -0.4 is 11.2 Å². The fraction of sp³-hybridized carbons (Fsp3) is 0.261. The van der Waals surface area contributed by atoms with Gasteiger partial charge in [-0.25, -0.2) is 14.3 Å². The van der Waals surface area contributed by atoms with Gasteiger partial charge in [-0.3, -0.25) is 9.36 Å². The summed E-state index contributed by atoms with van der Waals surface area (Å²) in [5.74, 6) is 0.162. The van der Waals surface area contributed by atoms with Gasteiger partial charge in [0.1, 0.15) is 0 Å². The summed E-state index contributed by atoms with van der Waals surface area (Å²) in [5, 5.41) is 0. The number of hydrogen-bond acceptors (Lipinski definition) is 3. The summed E-state index contributed by atoms with van der Waals surface area (Å²) in [6.45, 7) is 6.86. The zero-order chi connectivity index (χ0) is 20.5. The highest BCUT2D eigenvalue weighted by Crippen LogP contribution is 2.15. The van der Waals surface area contributed by atoms with Crippen molar-refractivity contribution in [1.29, 1.82) is 0 Å². The van der Waals surface area contributed by atoms with Gasteiger partial charge in [-0.1, -0.05) is 61.9 Å². The molecule has 0 fully saturated rings. The SMILES string of the molecule is Cc1ccc(-n2c(=O)n(CC(C)C)c(=O)c3c2ncn3Cc2ccccc2)cc1. The fourth-order valence-corrected chi connectivity index (χ4v) is 3.53. The molecule has 0 aliphatic carbocycles. The summed E-state index contributed by atoms with van der Waals surface area (Å²) < 4.78 is 4.70. The predicted octanol–water partition coefficient (Wildman–Crippen LogP) is 3.36.